The summed E-state index contributed by atoms with van der Waals surface area (Å²) < 4.78 is 6.34. The van der Waals surface area contributed by atoms with Crippen molar-refractivity contribution in [3.8, 4) is 0 Å². The highest BCUT2D eigenvalue weighted by Gasteiger charge is 2.29. The minimum absolute atomic E-state index is 0.0322. The molecule has 3 aromatic carbocycles. The number of carbonyl (C=O) groups is 1. The number of hydrogen-bond donors (Lipinski definition) is 1. The van der Waals surface area contributed by atoms with Gasteiger partial charge in [-0.1, -0.05) is 78.9 Å². The zero-order chi connectivity index (χ0) is 27.0. The van der Waals surface area contributed by atoms with E-state index >= 15 is 0 Å². The van der Waals surface area contributed by atoms with E-state index in [0.717, 1.165) is 11.1 Å². The number of aliphatic hydroxyl groups is 1. The molecule has 1 aliphatic heterocycles. The van der Waals surface area contributed by atoms with Gasteiger partial charge in [0.05, 0.1) is 12.1 Å². The van der Waals surface area contributed by atoms with Crippen LogP contribution >= 0.6 is 0 Å². The van der Waals surface area contributed by atoms with Gasteiger partial charge in [-0.3, -0.25) is 9.69 Å². The topological polar surface area (TPSA) is 82.4 Å². The predicted octanol–water partition coefficient (Wildman–Crippen LogP) is 5.96. The Bertz CT molecular complexity index is 1320. The molecule has 1 aliphatic rings. The molecule has 198 valence electrons. The van der Waals surface area contributed by atoms with Gasteiger partial charge in [0.15, 0.2) is 0 Å². The molecule has 7 nitrogen and oxygen atoms in total. The number of nitroso groups, excluding NO2 is 1. The first-order chi connectivity index (χ1) is 18.4. The molecule has 1 atom stereocenters. The van der Waals surface area contributed by atoms with Gasteiger partial charge in [0, 0.05) is 19.6 Å². The average molecular weight is 514 g/mol. The van der Waals surface area contributed by atoms with Crippen LogP contribution in [0.5, 0.6) is 0 Å². The molecule has 1 N–H and O–H groups in total. The van der Waals surface area contributed by atoms with E-state index in [2.05, 4.69) is 35.5 Å². The monoisotopic (exact) mass is 513 g/mol. The van der Waals surface area contributed by atoms with E-state index in [-0.39, 0.29) is 30.6 Å². The minimum atomic E-state index is -0.890. The van der Waals surface area contributed by atoms with Crippen LogP contribution < -0.4 is 0 Å². The number of aliphatic hydroxyl groups excluding tert-OH is 1. The smallest absolute Gasteiger partial charge is 0.237 e. The number of piperazine rings is 1. The van der Waals surface area contributed by atoms with Crippen LogP contribution in [0, 0.1) is 4.91 Å². The lowest BCUT2D eigenvalue weighted by Gasteiger charge is -2.36. The van der Waals surface area contributed by atoms with Crippen molar-refractivity contribution in [1.29, 1.82) is 0 Å². The van der Waals surface area contributed by atoms with Crippen LogP contribution in [-0.2, 0) is 22.5 Å². The summed E-state index contributed by atoms with van der Waals surface area (Å²) in [6.45, 7) is 5.92. The van der Waals surface area contributed by atoms with Gasteiger partial charge in [0.1, 0.15) is 18.2 Å². The second kappa shape index (κ2) is 12.6. The van der Waals surface area contributed by atoms with Gasteiger partial charge in [0.2, 0.25) is 5.91 Å². The largest absolute Gasteiger partial charge is 0.506 e. The summed E-state index contributed by atoms with van der Waals surface area (Å²) >= 11 is 0. The fourth-order valence-corrected chi connectivity index (χ4v) is 4.66. The lowest BCUT2D eigenvalue weighted by molar-refractivity contribution is -0.142. The summed E-state index contributed by atoms with van der Waals surface area (Å²) in [5, 5.41) is 15.8. The number of ether oxygens (including phenoxy) is 1. The number of aryl methyl sites for hydroxylation is 1. The molecule has 1 saturated heterocycles. The fourth-order valence-electron chi connectivity index (χ4n) is 4.66. The first-order valence-corrected chi connectivity index (χ1v) is 13.0. The number of nitrogens with zero attached hydrogens (tertiary/aromatic N) is 3. The minimum Gasteiger partial charge on any atom is -0.506 e. The van der Waals surface area contributed by atoms with E-state index in [1.807, 2.05) is 59.2 Å². The van der Waals surface area contributed by atoms with E-state index in [9.17, 15) is 14.8 Å². The summed E-state index contributed by atoms with van der Waals surface area (Å²) in [6, 6.07) is 24.5. The highest BCUT2D eigenvalue weighted by atomic mass is 16.5. The summed E-state index contributed by atoms with van der Waals surface area (Å²) in [4.78, 5) is 27.8. The number of amides is 1. The maximum atomic E-state index is 12.8. The Hall–Kier alpha value is -3.81. The first-order valence-electron chi connectivity index (χ1n) is 13.0. The van der Waals surface area contributed by atoms with Crippen LogP contribution in [0.4, 0.5) is 0 Å². The zero-order valence-corrected chi connectivity index (χ0v) is 22.0. The highest BCUT2D eigenvalue weighted by Crippen LogP contribution is 2.26. The van der Waals surface area contributed by atoms with Crippen molar-refractivity contribution in [3.63, 3.8) is 0 Å². The lowest BCUT2D eigenvalue weighted by atomic mass is 9.94. The molecule has 1 amide bonds. The Morgan fingerprint density at radius 1 is 1.03 bits per heavy atom. The third-order valence-corrected chi connectivity index (χ3v) is 6.99. The molecule has 1 heterocycles. The van der Waals surface area contributed by atoms with Crippen LogP contribution in [-0.4, -0.2) is 52.8 Å². The lowest BCUT2D eigenvalue weighted by Crippen LogP contribution is -2.51. The summed E-state index contributed by atoms with van der Waals surface area (Å²) in [5.41, 5.74) is 1.33. The second-order valence-corrected chi connectivity index (χ2v) is 9.92. The molecule has 0 aromatic heterocycles. The van der Waals surface area contributed by atoms with Gasteiger partial charge in [-0.25, -0.2) is 0 Å². The van der Waals surface area contributed by atoms with Crippen LogP contribution in [0.3, 0.4) is 0 Å². The Kier molecular flexibility index (Phi) is 9.05. The van der Waals surface area contributed by atoms with Crippen molar-refractivity contribution in [3.05, 3.63) is 112 Å². The van der Waals surface area contributed by atoms with Crippen LogP contribution in [0.2, 0.25) is 0 Å². The quantitative estimate of drug-likeness (QED) is 0.194. The molecule has 0 radical (unpaired) electrons. The fraction of sp³-hybridized carbons (Fsp3) is 0.323. The molecule has 0 aliphatic carbocycles. The van der Waals surface area contributed by atoms with Crippen LogP contribution in [0.1, 0.15) is 31.4 Å². The van der Waals surface area contributed by atoms with E-state index in [1.165, 1.54) is 16.8 Å². The molecule has 7 heteroatoms. The number of benzene rings is 3. The van der Waals surface area contributed by atoms with Crippen molar-refractivity contribution in [2.24, 2.45) is 5.18 Å². The van der Waals surface area contributed by atoms with E-state index < -0.39 is 5.60 Å². The molecule has 0 spiro atoms. The van der Waals surface area contributed by atoms with Gasteiger partial charge in [-0.05, 0) is 59.8 Å². The number of allylic oxidation sites excluding steroid dienone is 1. The molecule has 38 heavy (non-hydrogen) atoms. The highest BCUT2D eigenvalue weighted by molar-refractivity contribution is 5.83. The summed E-state index contributed by atoms with van der Waals surface area (Å²) in [6.07, 6.45) is 4.28. The van der Waals surface area contributed by atoms with Gasteiger partial charge >= 0.3 is 0 Å². The summed E-state index contributed by atoms with van der Waals surface area (Å²) in [7, 11) is 0. The Balaban J connectivity index is 1.42. The molecule has 1 fully saturated rings. The van der Waals surface area contributed by atoms with Crippen LogP contribution in [0.25, 0.3) is 10.8 Å². The Morgan fingerprint density at radius 2 is 1.76 bits per heavy atom. The maximum absolute atomic E-state index is 12.8. The Labute approximate surface area is 224 Å². The van der Waals surface area contributed by atoms with E-state index in [4.69, 9.17) is 4.74 Å². The van der Waals surface area contributed by atoms with Crippen molar-refractivity contribution in [2.45, 2.75) is 38.8 Å². The second-order valence-electron chi connectivity index (χ2n) is 9.92. The molecule has 0 saturated carbocycles. The van der Waals surface area contributed by atoms with Gasteiger partial charge in [-0.15, -0.1) is 4.91 Å². The van der Waals surface area contributed by atoms with Crippen molar-refractivity contribution >= 4 is 16.7 Å². The zero-order valence-electron chi connectivity index (χ0n) is 22.0. The third kappa shape index (κ3) is 7.15. The number of carbonyl (C=O) groups excluding carboxylic acids is 1. The van der Waals surface area contributed by atoms with Gasteiger partial charge in [0.25, 0.3) is 0 Å². The van der Waals surface area contributed by atoms with Crippen molar-refractivity contribution < 1.29 is 14.6 Å². The number of rotatable bonds is 11. The SMILES string of the molecule is C/C=C(N=O)\C(O)=C/C(C)(CCc1ccc2ccccc2c1)OCN1CCN(Cc2ccccc2)C(=O)C1. The number of fused-ring (bicyclic) bond motifs is 1. The normalized spacial score (nSPS) is 17.0. The van der Waals surface area contributed by atoms with E-state index in [1.54, 1.807) is 13.0 Å². The van der Waals surface area contributed by atoms with Crippen LogP contribution in [0.15, 0.2) is 102 Å². The maximum Gasteiger partial charge on any atom is 0.237 e. The van der Waals surface area contributed by atoms with Crippen molar-refractivity contribution in [1.82, 2.24) is 9.80 Å². The molecule has 3 aromatic rings. The standard InChI is InChI=1S/C31H35N3O4/c1-3-28(32-37)29(35)20-31(2,16-15-24-13-14-26-11-7-8-12-27(26)19-24)38-23-33-17-18-34(30(36)22-33)21-25-9-5-4-6-10-25/h3-14,19-20,35H,15-18,21-23H2,1-2H3/b28-3+,29-20+. The molecular formula is C31H35N3O4. The van der Waals surface area contributed by atoms with Gasteiger partial charge < -0.3 is 14.7 Å². The molecule has 1 unspecified atom stereocenters. The number of hydrogen-bond acceptors (Lipinski definition) is 6. The molecular weight excluding hydrogens is 478 g/mol. The van der Waals surface area contributed by atoms with Gasteiger partial charge in [-0.2, -0.15) is 0 Å². The average Bonchev–Trinajstić information content (AvgIpc) is 2.93. The Morgan fingerprint density at radius 3 is 2.47 bits per heavy atom. The third-order valence-electron chi connectivity index (χ3n) is 6.99. The van der Waals surface area contributed by atoms with E-state index in [0.29, 0.717) is 32.5 Å². The van der Waals surface area contributed by atoms with Crippen molar-refractivity contribution in [2.75, 3.05) is 26.4 Å². The molecule has 4 rings (SSSR count). The first kappa shape index (κ1) is 27.2. The summed E-state index contributed by atoms with van der Waals surface area (Å²) in [5.74, 6) is -0.159. The predicted molar refractivity (Wildman–Crippen MR) is 150 cm³/mol. The molecule has 0 bridgehead atoms.